The molecule has 0 aliphatic rings. The number of fused-ring (bicyclic) bond motifs is 1. The number of rotatable bonds is 3. The molecule has 0 bridgehead atoms. The van der Waals surface area contributed by atoms with E-state index >= 15 is 0 Å². The van der Waals surface area contributed by atoms with E-state index in [1.807, 2.05) is 30.3 Å². The monoisotopic (exact) mass is 278 g/mol. The van der Waals surface area contributed by atoms with Gasteiger partial charge in [-0.2, -0.15) is 0 Å². The Morgan fingerprint density at radius 2 is 1.95 bits per heavy atom. The van der Waals surface area contributed by atoms with Crippen LogP contribution in [0.25, 0.3) is 28.4 Å². The molecule has 104 valence electrons. The minimum Gasteiger partial charge on any atom is -0.497 e. The van der Waals surface area contributed by atoms with Crippen molar-refractivity contribution in [3.05, 3.63) is 70.9 Å². The molecule has 3 aromatic rings. The zero-order chi connectivity index (χ0) is 14.8. The van der Waals surface area contributed by atoms with E-state index in [0.29, 0.717) is 22.5 Å². The summed E-state index contributed by atoms with van der Waals surface area (Å²) in [5.41, 5.74) is 2.17. The lowest BCUT2D eigenvalue weighted by atomic mass is 10.0. The molecule has 0 N–H and O–H groups in total. The molecule has 0 amide bonds. The summed E-state index contributed by atoms with van der Waals surface area (Å²) in [6, 6.07) is 14.3. The summed E-state index contributed by atoms with van der Waals surface area (Å²) >= 11 is 0. The second-order valence-electron chi connectivity index (χ2n) is 4.63. The molecule has 3 heteroatoms. The lowest BCUT2D eigenvalue weighted by Crippen LogP contribution is -2.00. The van der Waals surface area contributed by atoms with Crippen LogP contribution in [0.4, 0.5) is 0 Å². The molecule has 0 unspecified atom stereocenters. The fourth-order valence-corrected chi connectivity index (χ4v) is 2.29. The third-order valence-electron chi connectivity index (χ3n) is 3.38. The topological polar surface area (TPSA) is 39.4 Å². The van der Waals surface area contributed by atoms with E-state index in [1.54, 1.807) is 25.3 Å². The predicted molar refractivity (Wildman–Crippen MR) is 84.6 cm³/mol. The molecule has 0 saturated carbocycles. The van der Waals surface area contributed by atoms with Gasteiger partial charge >= 0.3 is 0 Å². The Morgan fingerprint density at radius 3 is 2.71 bits per heavy atom. The van der Waals surface area contributed by atoms with E-state index in [0.717, 1.165) is 11.1 Å². The highest BCUT2D eigenvalue weighted by Gasteiger charge is 2.10. The lowest BCUT2D eigenvalue weighted by Gasteiger charge is -2.09. The van der Waals surface area contributed by atoms with Crippen LogP contribution in [0.3, 0.4) is 0 Å². The Morgan fingerprint density at radius 1 is 1.14 bits per heavy atom. The van der Waals surface area contributed by atoms with E-state index in [1.165, 1.54) is 6.07 Å². The van der Waals surface area contributed by atoms with Gasteiger partial charge in [0.15, 0.2) is 5.43 Å². The van der Waals surface area contributed by atoms with Gasteiger partial charge in [0.1, 0.15) is 17.1 Å². The molecule has 3 rings (SSSR count). The standard InChI is InChI=1S/C18H14O3/c1-3-12-8-9-13(20-2)10-15(12)18-11-16(19)14-6-4-5-7-17(14)21-18/h3-11H,1H2,2H3. The zero-order valence-electron chi connectivity index (χ0n) is 11.6. The number of ether oxygens (including phenoxy) is 1. The maximum absolute atomic E-state index is 12.2. The van der Waals surface area contributed by atoms with Crippen molar-refractivity contribution in [2.75, 3.05) is 7.11 Å². The highest BCUT2D eigenvalue weighted by molar-refractivity contribution is 5.80. The van der Waals surface area contributed by atoms with Crippen LogP contribution < -0.4 is 10.2 Å². The Hall–Kier alpha value is -2.81. The molecule has 2 aromatic carbocycles. The van der Waals surface area contributed by atoms with Crippen LogP contribution in [0.2, 0.25) is 0 Å². The maximum Gasteiger partial charge on any atom is 0.193 e. The summed E-state index contributed by atoms with van der Waals surface area (Å²) in [6.07, 6.45) is 1.73. The van der Waals surface area contributed by atoms with Gasteiger partial charge in [0, 0.05) is 11.6 Å². The van der Waals surface area contributed by atoms with Crippen molar-refractivity contribution >= 4 is 17.0 Å². The van der Waals surface area contributed by atoms with Crippen LogP contribution in [0.1, 0.15) is 5.56 Å². The quantitative estimate of drug-likeness (QED) is 0.723. The van der Waals surface area contributed by atoms with Crippen molar-refractivity contribution in [3.63, 3.8) is 0 Å². The Labute approximate surface area is 122 Å². The first-order valence-corrected chi connectivity index (χ1v) is 6.56. The summed E-state index contributed by atoms with van der Waals surface area (Å²) in [5, 5.41) is 0.573. The highest BCUT2D eigenvalue weighted by Crippen LogP contribution is 2.29. The van der Waals surface area contributed by atoms with Gasteiger partial charge in [-0.3, -0.25) is 4.79 Å². The van der Waals surface area contributed by atoms with Crippen molar-refractivity contribution in [1.82, 2.24) is 0 Å². The Kier molecular flexibility index (Phi) is 3.32. The molecule has 0 aliphatic carbocycles. The van der Waals surface area contributed by atoms with Crippen LogP contribution >= 0.6 is 0 Å². The second-order valence-corrected chi connectivity index (χ2v) is 4.63. The maximum atomic E-state index is 12.2. The molecule has 21 heavy (non-hydrogen) atoms. The van der Waals surface area contributed by atoms with Gasteiger partial charge in [-0.25, -0.2) is 0 Å². The predicted octanol–water partition coefficient (Wildman–Crippen LogP) is 4.11. The molecule has 0 atom stereocenters. The number of benzene rings is 2. The van der Waals surface area contributed by atoms with E-state index in [9.17, 15) is 4.79 Å². The van der Waals surface area contributed by atoms with Gasteiger partial charge < -0.3 is 9.15 Å². The van der Waals surface area contributed by atoms with E-state index in [-0.39, 0.29) is 5.43 Å². The van der Waals surface area contributed by atoms with Crippen LogP contribution in [0.15, 0.2) is 64.3 Å². The molecule has 0 radical (unpaired) electrons. The fourth-order valence-electron chi connectivity index (χ4n) is 2.29. The SMILES string of the molecule is C=Cc1ccc(OC)cc1-c1cc(=O)c2ccccc2o1. The minimum absolute atomic E-state index is 0.0651. The molecule has 0 spiro atoms. The van der Waals surface area contributed by atoms with Gasteiger partial charge in [0.2, 0.25) is 0 Å². The molecular formula is C18H14O3. The van der Waals surface area contributed by atoms with Crippen LogP contribution in [-0.4, -0.2) is 7.11 Å². The summed E-state index contributed by atoms with van der Waals surface area (Å²) in [7, 11) is 1.60. The summed E-state index contributed by atoms with van der Waals surface area (Å²) in [5.74, 6) is 1.21. The molecule has 0 aliphatic heterocycles. The summed E-state index contributed by atoms with van der Waals surface area (Å²) < 4.78 is 11.1. The van der Waals surface area contributed by atoms with Crippen LogP contribution in [0, 0.1) is 0 Å². The molecule has 1 heterocycles. The van der Waals surface area contributed by atoms with Crippen molar-refractivity contribution in [1.29, 1.82) is 0 Å². The van der Waals surface area contributed by atoms with Crippen LogP contribution in [0.5, 0.6) is 5.75 Å². The van der Waals surface area contributed by atoms with Crippen molar-refractivity contribution in [2.24, 2.45) is 0 Å². The number of hydrogen-bond donors (Lipinski definition) is 0. The van der Waals surface area contributed by atoms with Crippen LogP contribution in [-0.2, 0) is 0 Å². The average Bonchev–Trinajstić information content (AvgIpc) is 2.54. The lowest BCUT2D eigenvalue weighted by molar-refractivity contribution is 0.415. The smallest absolute Gasteiger partial charge is 0.193 e. The van der Waals surface area contributed by atoms with Gasteiger partial charge in [0.25, 0.3) is 0 Å². The van der Waals surface area contributed by atoms with Crippen molar-refractivity contribution < 1.29 is 9.15 Å². The zero-order valence-corrected chi connectivity index (χ0v) is 11.6. The first-order valence-electron chi connectivity index (χ1n) is 6.56. The van der Waals surface area contributed by atoms with Crippen molar-refractivity contribution in [3.8, 4) is 17.1 Å². The van der Waals surface area contributed by atoms with Gasteiger partial charge in [-0.1, -0.05) is 30.9 Å². The van der Waals surface area contributed by atoms with E-state index in [2.05, 4.69) is 6.58 Å². The minimum atomic E-state index is -0.0651. The molecule has 0 fully saturated rings. The largest absolute Gasteiger partial charge is 0.497 e. The second kappa shape index (κ2) is 5.29. The third-order valence-corrected chi connectivity index (χ3v) is 3.38. The van der Waals surface area contributed by atoms with E-state index < -0.39 is 0 Å². The first-order chi connectivity index (χ1) is 10.2. The average molecular weight is 278 g/mol. The molecule has 1 aromatic heterocycles. The molecule has 0 saturated heterocycles. The first kappa shape index (κ1) is 13.2. The highest BCUT2D eigenvalue weighted by atomic mass is 16.5. The number of methoxy groups -OCH3 is 1. The van der Waals surface area contributed by atoms with Gasteiger partial charge in [-0.05, 0) is 29.8 Å². The van der Waals surface area contributed by atoms with Gasteiger partial charge in [-0.15, -0.1) is 0 Å². The third kappa shape index (κ3) is 2.34. The van der Waals surface area contributed by atoms with Crippen molar-refractivity contribution in [2.45, 2.75) is 0 Å². The molecular weight excluding hydrogens is 264 g/mol. The number of hydrogen-bond acceptors (Lipinski definition) is 3. The summed E-state index contributed by atoms with van der Waals surface area (Å²) in [4.78, 5) is 12.2. The number of para-hydroxylation sites is 1. The fraction of sp³-hybridized carbons (Fsp3) is 0.0556. The Balaban J connectivity index is 2.29. The molecule has 3 nitrogen and oxygen atoms in total. The van der Waals surface area contributed by atoms with E-state index in [4.69, 9.17) is 9.15 Å². The van der Waals surface area contributed by atoms with Gasteiger partial charge in [0.05, 0.1) is 12.5 Å². The summed E-state index contributed by atoms with van der Waals surface area (Å²) in [6.45, 7) is 3.80. The Bertz CT molecular complexity index is 875. The normalized spacial score (nSPS) is 10.5.